The maximum absolute atomic E-state index is 13.3. The third kappa shape index (κ3) is 6.83. The second-order valence-electron chi connectivity index (χ2n) is 10.4. The van der Waals surface area contributed by atoms with E-state index < -0.39 is 29.6 Å². The number of rotatable bonds is 6. The molecule has 0 radical (unpaired) electrons. The number of alkyl halides is 6. The quantitative estimate of drug-likeness (QED) is 0.188. The molecule has 1 saturated heterocycles. The van der Waals surface area contributed by atoms with Gasteiger partial charge in [0.05, 0.1) is 26.7 Å². The van der Waals surface area contributed by atoms with Crippen molar-refractivity contribution in [2.45, 2.75) is 58.4 Å². The Kier molecular flexibility index (Phi) is 9.02. The molecular weight excluding hydrogens is 617 g/mol. The van der Waals surface area contributed by atoms with E-state index in [1.54, 1.807) is 30.9 Å². The average molecular weight is 644 g/mol. The number of amides is 1. The number of hydrogen-bond acceptors (Lipinski definition) is 3. The van der Waals surface area contributed by atoms with Crippen LogP contribution in [0.5, 0.6) is 0 Å². The molecule has 1 atom stereocenters. The lowest BCUT2D eigenvalue weighted by Gasteiger charge is -2.36. The maximum Gasteiger partial charge on any atom is 0.403 e. The topological polar surface area (TPSA) is 56.7 Å². The monoisotopic (exact) mass is 642 g/mol. The van der Waals surface area contributed by atoms with Crippen LogP contribution in [0, 0.1) is 18.3 Å². The van der Waals surface area contributed by atoms with E-state index in [2.05, 4.69) is 15.6 Å². The molecule has 1 aliphatic carbocycles. The van der Waals surface area contributed by atoms with Crippen molar-refractivity contribution >= 4 is 63.6 Å². The van der Waals surface area contributed by atoms with Crippen molar-refractivity contribution in [1.29, 1.82) is 0 Å². The van der Waals surface area contributed by atoms with Crippen LogP contribution in [0.15, 0.2) is 29.3 Å². The van der Waals surface area contributed by atoms with Gasteiger partial charge in [-0.05, 0) is 68.9 Å². The molecule has 2 aliphatic rings. The largest absolute Gasteiger partial charge is 0.403 e. The zero-order valence-electron chi connectivity index (χ0n) is 22.0. The first-order valence-corrected chi connectivity index (χ1v) is 13.9. The van der Waals surface area contributed by atoms with Crippen molar-refractivity contribution in [3.63, 3.8) is 0 Å². The molecule has 0 spiro atoms. The summed E-state index contributed by atoms with van der Waals surface area (Å²) in [7, 11) is 0. The van der Waals surface area contributed by atoms with E-state index in [0.29, 0.717) is 41.3 Å². The molecule has 1 amide bonds. The second-order valence-corrected chi connectivity index (χ2v) is 11.6. The Morgan fingerprint density at radius 3 is 2.39 bits per heavy atom. The van der Waals surface area contributed by atoms with Gasteiger partial charge < -0.3 is 15.5 Å². The summed E-state index contributed by atoms with van der Waals surface area (Å²) < 4.78 is 79.6. The van der Waals surface area contributed by atoms with Gasteiger partial charge in [0.25, 0.3) is 0 Å². The molecule has 1 saturated carbocycles. The van der Waals surface area contributed by atoms with Crippen molar-refractivity contribution in [1.82, 2.24) is 5.32 Å². The Bertz CT molecular complexity index is 1360. The molecule has 224 valence electrons. The molecule has 2 aromatic rings. The Morgan fingerprint density at radius 2 is 1.78 bits per heavy atom. The van der Waals surface area contributed by atoms with Crippen LogP contribution in [0.4, 0.5) is 43.4 Å². The Balaban J connectivity index is 1.49. The number of carbonyl (C=O) groups excluding carboxylic acids is 1. The van der Waals surface area contributed by atoms with Gasteiger partial charge in [-0.3, -0.25) is 4.79 Å². The predicted octanol–water partition coefficient (Wildman–Crippen LogP) is 8.85. The number of nitrogens with one attached hydrogen (secondary N) is 2. The van der Waals surface area contributed by atoms with Crippen LogP contribution in [0.3, 0.4) is 0 Å². The summed E-state index contributed by atoms with van der Waals surface area (Å²) in [6, 6.07) is 6.29. The minimum atomic E-state index is -4.63. The van der Waals surface area contributed by atoms with Crippen LogP contribution < -0.4 is 15.5 Å². The van der Waals surface area contributed by atoms with Crippen molar-refractivity contribution in [3.05, 3.63) is 50.5 Å². The number of carbonyl (C=O) groups is 1. The fourth-order valence-electron chi connectivity index (χ4n) is 4.83. The lowest BCUT2D eigenvalue weighted by atomic mass is 9.96. The van der Waals surface area contributed by atoms with E-state index in [9.17, 15) is 31.1 Å². The maximum atomic E-state index is 13.3. The standard InChI is InChI=1S/C27H27Cl3F6N4O/c1-14-10-21(40-9-3-4-17(13-40)26(31,32)33)19(29)11-20(14)38-15(2)39-23-18(28)6-5-16(22(23)30)12-37-24(41)25(7-8-25)27(34,35)36/h5-6,10-11,17H,3-4,7-9,12-13H2,1-2H3,(H,37,41)(H,38,39). The number of hydrogen-bond donors (Lipinski definition) is 2. The third-order valence-corrected chi connectivity index (χ3v) is 8.46. The third-order valence-electron chi connectivity index (χ3n) is 7.43. The highest BCUT2D eigenvalue weighted by molar-refractivity contribution is 6.39. The molecule has 2 N–H and O–H groups in total. The van der Waals surface area contributed by atoms with Crippen LogP contribution in [-0.4, -0.2) is 37.2 Å². The van der Waals surface area contributed by atoms with Crippen LogP contribution >= 0.6 is 34.8 Å². The minimum Gasteiger partial charge on any atom is -0.370 e. The molecule has 1 aliphatic heterocycles. The summed E-state index contributed by atoms with van der Waals surface area (Å²) in [6.45, 7) is 3.45. The normalized spacial score (nSPS) is 19.2. The average Bonchev–Trinajstić information content (AvgIpc) is 3.70. The first-order chi connectivity index (χ1) is 19.0. The summed E-state index contributed by atoms with van der Waals surface area (Å²) in [4.78, 5) is 18.3. The highest BCUT2D eigenvalue weighted by Crippen LogP contribution is 2.57. The Morgan fingerprint density at radius 1 is 1.10 bits per heavy atom. The van der Waals surface area contributed by atoms with Gasteiger partial charge in [-0.2, -0.15) is 26.3 Å². The summed E-state index contributed by atoms with van der Waals surface area (Å²) in [6.07, 6.45) is -8.93. The molecule has 1 unspecified atom stereocenters. The van der Waals surface area contributed by atoms with Gasteiger partial charge in [0.1, 0.15) is 16.9 Å². The van der Waals surface area contributed by atoms with Crippen LogP contribution in [0.1, 0.15) is 43.7 Å². The van der Waals surface area contributed by atoms with Gasteiger partial charge >= 0.3 is 12.4 Å². The number of amidine groups is 1. The summed E-state index contributed by atoms with van der Waals surface area (Å²) in [5.74, 6) is -2.18. The number of anilines is 2. The number of halogens is 9. The van der Waals surface area contributed by atoms with E-state index in [0.717, 1.165) is 0 Å². The molecule has 14 heteroatoms. The predicted molar refractivity (Wildman–Crippen MR) is 150 cm³/mol. The smallest absolute Gasteiger partial charge is 0.370 e. The molecule has 2 fully saturated rings. The van der Waals surface area contributed by atoms with E-state index in [1.165, 1.54) is 12.1 Å². The van der Waals surface area contributed by atoms with Crippen LogP contribution in [0.25, 0.3) is 0 Å². The van der Waals surface area contributed by atoms with E-state index in [4.69, 9.17) is 34.8 Å². The number of benzene rings is 2. The lowest BCUT2D eigenvalue weighted by Crippen LogP contribution is -2.41. The van der Waals surface area contributed by atoms with Crippen molar-refractivity contribution in [3.8, 4) is 0 Å². The number of nitrogens with zero attached hydrogens (tertiary/aromatic N) is 2. The first-order valence-electron chi connectivity index (χ1n) is 12.8. The van der Waals surface area contributed by atoms with Gasteiger partial charge in [-0.15, -0.1) is 0 Å². The molecule has 0 bridgehead atoms. The second kappa shape index (κ2) is 11.7. The summed E-state index contributed by atoms with van der Waals surface area (Å²) in [5.41, 5.74) is -0.0964. The fourth-order valence-corrected chi connectivity index (χ4v) is 5.63. The van der Waals surface area contributed by atoms with E-state index in [-0.39, 0.29) is 53.1 Å². The van der Waals surface area contributed by atoms with Crippen molar-refractivity contribution in [2.75, 3.05) is 23.3 Å². The molecule has 4 rings (SSSR count). The Hall–Kier alpha value is -2.37. The fraction of sp³-hybridized carbons (Fsp3) is 0.481. The summed E-state index contributed by atoms with van der Waals surface area (Å²) >= 11 is 19.3. The molecular formula is C27H27Cl3F6N4O. The highest BCUT2D eigenvalue weighted by Gasteiger charge is 2.68. The molecule has 1 heterocycles. The van der Waals surface area contributed by atoms with Crippen LogP contribution in [-0.2, 0) is 11.3 Å². The van der Waals surface area contributed by atoms with Crippen molar-refractivity contribution < 1.29 is 31.1 Å². The Labute approximate surface area is 248 Å². The summed E-state index contributed by atoms with van der Waals surface area (Å²) in [5, 5.41) is 5.91. The van der Waals surface area contributed by atoms with Crippen LogP contribution in [0.2, 0.25) is 15.1 Å². The zero-order chi connectivity index (χ0) is 30.3. The number of aryl methyl sites for hydroxylation is 1. The lowest BCUT2D eigenvalue weighted by molar-refractivity contribution is -0.192. The SMILES string of the molecule is CC(=Nc1c(Cl)ccc(CNC(=O)C2(C(F)(F)F)CC2)c1Cl)Nc1cc(Cl)c(N2CCCC(C(F)(F)F)C2)cc1C. The number of piperidine rings is 1. The molecule has 0 aromatic heterocycles. The van der Waals surface area contributed by atoms with Gasteiger partial charge in [0, 0.05) is 25.3 Å². The van der Waals surface area contributed by atoms with E-state index in [1.807, 2.05) is 0 Å². The van der Waals surface area contributed by atoms with Gasteiger partial charge in [0.15, 0.2) is 0 Å². The minimum absolute atomic E-state index is 0.0604. The molecule has 2 aromatic carbocycles. The first kappa shape index (κ1) is 31.6. The van der Waals surface area contributed by atoms with E-state index >= 15 is 0 Å². The van der Waals surface area contributed by atoms with Gasteiger partial charge in [0.2, 0.25) is 5.91 Å². The van der Waals surface area contributed by atoms with Crippen molar-refractivity contribution in [2.24, 2.45) is 16.3 Å². The van der Waals surface area contributed by atoms with Gasteiger partial charge in [-0.1, -0.05) is 40.9 Å². The zero-order valence-corrected chi connectivity index (χ0v) is 24.3. The highest BCUT2D eigenvalue weighted by atomic mass is 35.5. The number of aliphatic imine (C=N–C) groups is 1. The van der Waals surface area contributed by atoms with Gasteiger partial charge in [-0.25, -0.2) is 4.99 Å². The molecule has 41 heavy (non-hydrogen) atoms. The molecule has 5 nitrogen and oxygen atoms in total.